The molecular weight excluding hydrogens is 423 g/mol. The summed E-state index contributed by atoms with van der Waals surface area (Å²) in [6.45, 7) is 1.97. The minimum atomic E-state index is -4.69. The van der Waals surface area contributed by atoms with E-state index in [0.29, 0.717) is 23.8 Å². The number of halogens is 3. The van der Waals surface area contributed by atoms with Crippen LogP contribution in [0.2, 0.25) is 0 Å². The van der Waals surface area contributed by atoms with E-state index in [4.69, 9.17) is 22.9 Å². The van der Waals surface area contributed by atoms with Crippen molar-refractivity contribution in [3.63, 3.8) is 0 Å². The number of nitrogens with one attached hydrogen (secondary N) is 1. The fourth-order valence-corrected chi connectivity index (χ4v) is 4.64. The van der Waals surface area contributed by atoms with Gasteiger partial charge in [0.1, 0.15) is 17.7 Å². The Morgan fingerprint density at radius 2 is 1.81 bits per heavy atom. The number of hydrogen-bond acceptors (Lipinski definition) is 3. The molecule has 0 bridgehead atoms. The first kappa shape index (κ1) is 21.0. The first-order valence-electron chi connectivity index (χ1n) is 9.62. The largest absolute Gasteiger partial charge is 0.417 e. The molecule has 5 nitrogen and oxygen atoms in total. The molecule has 2 fully saturated rings. The Kier molecular flexibility index (Phi) is 5.06. The second kappa shape index (κ2) is 7.46. The van der Waals surface area contributed by atoms with Crippen molar-refractivity contribution >= 4 is 40.9 Å². The Hall–Kier alpha value is -3.25. The van der Waals surface area contributed by atoms with Gasteiger partial charge in [0, 0.05) is 5.69 Å². The third kappa shape index (κ3) is 3.27. The summed E-state index contributed by atoms with van der Waals surface area (Å²) in [6.07, 6.45) is -1.46. The van der Waals surface area contributed by atoms with Crippen LogP contribution in [0.15, 0.2) is 47.5 Å². The van der Waals surface area contributed by atoms with Gasteiger partial charge in [0.25, 0.3) is 0 Å². The molecule has 158 valence electrons. The van der Waals surface area contributed by atoms with E-state index < -0.39 is 22.8 Å². The van der Waals surface area contributed by atoms with Crippen molar-refractivity contribution in [1.82, 2.24) is 0 Å². The van der Waals surface area contributed by atoms with E-state index in [-0.39, 0.29) is 5.69 Å². The van der Waals surface area contributed by atoms with Gasteiger partial charge in [0.05, 0.1) is 22.9 Å². The Labute approximate surface area is 182 Å². The summed E-state index contributed by atoms with van der Waals surface area (Å²) in [5.74, 6) is 0.428. The van der Waals surface area contributed by atoms with Crippen molar-refractivity contribution in [2.75, 3.05) is 9.80 Å². The maximum atomic E-state index is 13.6. The summed E-state index contributed by atoms with van der Waals surface area (Å²) in [6, 6.07) is 12.8. The van der Waals surface area contributed by atoms with Gasteiger partial charge in [-0.1, -0.05) is 17.7 Å². The molecule has 1 N–H and O–H groups in total. The van der Waals surface area contributed by atoms with Gasteiger partial charge in [-0.2, -0.15) is 18.4 Å². The van der Waals surface area contributed by atoms with E-state index >= 15 is 0 Å². The fourth-order valence-electron chi connectivity index (χ4n) is 4.17. The molecule has 0 atom stereocenters. The van der Waals surface area contributed by atoms with Gasteiger partial charge >= 0.3 is 6.18 Å². The van der Waals surface area contributed by atoms with E-state index in [1.165, 1.54) is 11.0 Å². The van der Waals surface area contributed by atoms with Crippen LogP contribution in [0, 0.1) is 23.7 Å². The second-order valence-corrected chi connectivity index (χ2v) is 7.96. The quantitative estimate of drug-likeness (QED) is 0.392. The monoisotopic (exact) mass is 441 g/mol. The second-order valence-electron chi connectivity index (χ2n) is 7.60. The third-order valence-electron chi connectivity index (χ3n) is 5.79. The van der Waals surface area contributed by atoms with Crippen LogP contribution in [0.5, 0.6) is 0 Å². The van der Waals surface area contributed by atoms with E-state index in [1.807, 2.05) is 36.1 Å². The van der Waals surface area contributed by atoms with Crippen molar-refractivity contribution < 1.29 is 13.2 Å². The molecule has 1 heterocycles. The molecule has 31 heavy (non-hydrogen) atoms. The summed E-state index contributed by atoms with van der Waals surface area (Å²) in [5.41, 5.74) is -0.0424. The Bertz CT molecular complexity index is 1130. The molecule has 0 aromatic heterocycles. The highest BCUT2D eigenvalue weighted by Crippen LogP contribution is 2.49. The number of aliphatic imine (C=N–C) groups is 1. The number of alkyl halides is 3. The van der Waals surface area contributed by atoms with Gasteiger partial charge < -0.3 is 4.90 Å². The molecule has 1 aliphatic carbocycles. The molecule has 0 radical (unpaired) electrons. The van der Waals surface area contributed by atoms with Crippen LogP contribution >= 0.6 is 12.2 Å². The van der Waals surface area contributed by atoms with Crippen LogP contribution in [0.4, 0.5) is 24.5 Å². The van der Waals surface area contributed by atoms with Crippen molar-refractivity contribution in [3.8, 4) is 6.07 Å². The lowest BCUT2D eigenvalue weighted by atomic mass is 9.74. The number of nitriles is 1. The predicted octanol–water partition coefficient (Wildman–Crippen LogP) is 5.43. The van der Waals surface area contributed by atoms with Crippen LogP contribution in [0.1, 0.15) is 36.0 Å². The summed E-state index contributed by atoms with van der Waals surface area (Å²) in [4.78, 5) is 7.67. The summed E-state index contributed by atoms with van der Waals surface area (Å²) < 4.78 is 40.7. The van der Waals surface area contributed by atoms with E-state index in [1.54, 1.807) is 6.07 Å². The first-order valence-corrected chi connectivity index (χ1v) is 10.0. The highest BCUT2D eigenvalue weighted by molar-refractivity contribution is 7.81. The van der Waals surface area contributed by atoms with Gasteiger partial charge in [-0.3, -0.25) is 10.3 Å². The smallest absolute Gasteiger partial charge is 0.305 e. The number of rotatable bonds is 3. The Morgan fingerprint density at radius 1 is 1.16 bits per heavy atom. The van der Waals surface area contributed by atoms with Crippen LogP contribution in [0.3, 0.4) is 0 Å². The SMILES string of the molecule is Cc1ccc(N2C(=S)N(c3ccc(C#N)c(C(F)(F)F)c3)/C(=N/C=N)C23CCC3)cc1. The van der Waals surface area contributed by atoms with Crippen LogP contribution < -0.4 is 9.80 Å². The molecule has 2 aromatic rings. The van der Waals surface area contributed by atoms with Crippen molar-refractivity contribution in [1.29, 1.82) is 10.7 Å². The van der Waals surface area contributed by atoms with E-state index in [2.05, 4.69) is 4.99 Å². The van der Waals surface area contributed by atoms with Gasteiger partial charge in [-0.25, -0.2) is 4.99 Å². The van der Waals surface area contributed by atoms with Gasteiger partial charge in [0.2, 0.25) is 0 Å². The number of anilines is 2. The third-order valence-corrected chi connectivity index (χ3v) is 6.15. The minimum absolute atomic E-state index is 0.165. The maximum Gasteiger partial charge on any atom is 0.417 e. The number of thiocarbonyl (C=S) groups is 1. The molecule has 4 rings (SSSR count). The average molecular weight is 441 g/mol. The normalized spacial score (nSPS) is 18.9. The lowest BCUT2D eigenvalue weighted by molar-refractivity contribution is -0.137. The zero-order valence-electron chi connectivity index (χ0n) is 16.6. The summed E-state index contributed by atoms with van der Waals surface area (Å²) >= 11 is 5.75. The molecule has 0 unspecified atom stereocenters. The molecule has 9 heteroatoms. The predicted molar refractivity (Wildman–Crippen MR) is 118 cm³/mol. The molecular formula is C22H18F3N5S. The topological polar surface area (TPSA) is 66.5 Å². The molecule has 1 saturated heterocycles. The minimum Gasteiger partial charge on any atom is -0.305 e. The zero-order valence-corrected chi connectivity index (χ0v) is 17.4. The van der Waals surface area contributed by atoms with E-state index in [9.17, 15) is 13.2 Å². The van der Waals surface area contributed by atoms with Crippen LogP contribution in [-0.4, -0.2) is 22.8 Å². The molecule has 2 aromatic carbocycles. The number of aryl methyl sites for hydroxylation is 1. The standard InChI is InChI=1S/C22H18F3N5S/c1-14-3-6-16(7-4-14)30-20(31)29(19(28-13-27)21(30)9-2-10-21)17-8-5-15(12-26)18(11-17)22(23,24)25/h3-8,11,13,27H,2,9-10H2,1H3/b27-13?,28-19+. The molecule has 2 aliphatic rings. The number of amidine groups is 1. The lowest BCUT2D eigenvalue weighted by Gasteiger charge is -2.44. The Morgan fingerprint density at radius 3 is 2.32 bits per heavy atom. The highest BCUT2D eigenvalue weighted by atomic mass is 32.1. The molecule has 1 aliphatic heterocycles. The average Bonchev–Trinajstić information content (AvgIpc) is 2.96. The van der Waals surface area contributed by atoms with E-state index in [0.717, 1.165) is 36.1 Å². The zero-order chi connectivity index (χ0) is 22.4. The summed E-state index contributed by atoms with van der Waals surface area (Å²) in [7, 11) is 0. The fraction of sp³-hybridized carbons (Fsp3) is 0.273. The lowest BCUT2D eigenvalue weighted by Crippen LogP contribution is -2.55. The molecule has 1 saturated carbocycles. The van der Waals surface area contributed by atoms with Crippen molar-refractivity contribution in [2.24, 2.45) is 4.99 Å². The molecule has 1 spiro atoms. The van der Waals surface area contributed by atoms with Crippen molar-refractivity contribution in [2.45, 2.75) is 37.9 Å². The Balaban J connectivity index is 1.89. The van der Waals surface area contributed by atoms with Crippen LogP contribution in [0.25, 0.3) is 0 Å². The maximum absolute atomic E-state index is 13.6. The number of benzene rings is 2. The molecule has 0 amide bonds. The summed E-state index contributed by atoms with van der Waals surface area (Å²) in [5, 5.41) is 17.0. The van der Waals surface area contributed by atoms with Gasteiger partial charge in [0.15, 0.2) is 5.11 Å². The number of nitrogens with zero attached hydrogens (tertiary/aromatic N) is 4. The van der Waals surface area contributed by atoms with Crippen LogP contribution in [-0.2, 0) is 6.18 Å². The van der Waals surface area contributed by atoms with Crippen molar-refractivity contribution in [3.05, 3.63) is 59.2 Å². The number of hydrogen-bond donors (Lipinski definition) is 1. The van der Waals surface area contributed by atoms with Gasteiger partial charge in [-0.15, -0.1) is 0 Å². The first-order chi connectivity index (χ1) is 14.7. The van der Waals surface area contributed by atoms with Gasteiger partial charge in [-0.05, 0) is 68.7 Å². The highest BCUT2D eigenvalue weighted by Gasteiger charge is 2.57.